The average molecular weight is 298 g/mol. The van der Waals surface area contributed by atoms with Gasteiger partial charge in [-0.05, 0) is 45.7 Å². The molecular formula is C14H26N4O3. The number of nitrogens with one attached hydrogen (secondary N) is 1. The topological polar surface area (TPSA) is 100 Å². The highest BCUT2D eigenvalue weighted by Crippen LogP contribution is 2.31. The number of likely N-dealkylation sites (tertiary alicyclic amines) is 1. The van der Waals surface area contributed by atoms with Crippen LogP contribution in [0.1, 0.15) is 32.6 Å². The maximum absolute atomic E-state index is 12.6. The Morgan fingerprint density at radius 1 is 1.43 bits per heavy atom. The van der Waals surface area contributed by atoms with Crippen molar-refractivity contribution in [1.82, 2.24) is 10.2 Å². The number of amides is 1. The van der Waals surface area contributed by atoms with E-state index in [1.165, 1.54) is 12.8 Å². The smallest absolute Gasteiger partial charge is 0.234 e. The van der Waals surface area contributed by atoms with E-state index < -0.39 is 5.41 Å². The second kappa shape index (κ2) is 7.09. The third kappa shape index (κ3) is 3.65. The van der Waals surface area contributed by atoms with Gasteiger partial charge in [-0.25, -0.2) is 0 Å². The van der Waals surface area contributed by atoms with E-state index in [2.05, 4.69) is 15.4 Å². The van der Waals surface area contributed by atoms with Crippen LogP contribution in [0.4, 0.5) is 0 Å². The maximum atomic E-state index is 12.6. The summed E-state index contributed by atoms with van der Waals surface area (Å²) in [6.07, 6.45) is 3.36. The lowest BCUT2D eigenvalue weighted by molar-refractivity contribution is -0.132. The highest BCUT2D eigenvalue weighted by molar-refractivity contribution is 6.06. The molecule has 0 spiro atoms. The molecule has 1 atom stereocenters. The molecule has 0 aromatic heterocycles. The van der Waals surface area contributed by atoms with Crippen LogP contribution in [-0.4, -0.2) is 60.7 Å². The van der Waals surface area contributed by atoms with Crippen LogP contribution in [-0.2, 0) is 9.53 Å². The van der Waals surface area contributed by atoms with E-state index in [-0.39, 0.29) is 17.8 Å². The van der Waals surface area contributed by atoms with Gasteiger partial charge in [0.2, 0.25) is 5.91 Å². The molecule has 2 saturated heterocycles. The Morgan fingerprint density at radius 3 is 2.62 bits per heavy atom. The van der Waals surface area contributed by atoms with Gasteiger partial charge in [-0.1, -0.05) is 5.16 Å². The van der Waals surface area contributed by atoms with E-state index >= 15 is 0 Å². The number of rotatable bonds is 5. The van der Waals surface area contributed by atoms with E-state index in [0.717, 1.165) is 19.6 Å². The van der Waals surface area contributed by atoms with Crippen LogP contribution in [0.5, 0.6) is 0 Å². The number of hydrogen-bond donors (Lipinski definition) is 3. The highest BCUT2D eigenvalue weighted by Gasteiger charge is 2.44. The summed E-state index contributed by atoms with van der Waals surface area (Å²) in [5.41, 5.74) is 4.86. The van der Waals surface area contributed by atoms with Gasteiger partial charge in [-0.3, -0.25) is 4.79 Å². The maximum Gasteiger partial charge on any atom is 0.234 e. The Labute approximate surface area is 125 Å². The number of carbonyl (C=O) groups is 1. The molecule has 2 aliphatic rings. The van der Waals surface area contributed by atoms with E-state index in [9.17, 15) is 4.79 Å². The lowest BCUT2D eigenvalue weighted by Gasteiger charge is -2.35. The van der Waals surface area contributed by atoms with Crippen LogP contribution in [0, 0.1) is 5.41 Å². The quantitative estimate of drug-likeness (QED) is 0.290. The van der Waals surface area contributed by atoms with E-state index in [1.807, 2.05) is 6.92 Å². The minimum Gasteiger partial charge on any atom is -0.409 e. The van der Waals surface area contributed by atoms with Crippen molar-refractivity contribution in [2.24, 2.45) is 16.3 Å². The van der Waals surface area contributed by atoms with Gasteiger partial charge in [0, 0.05) is 25.8 Å². The molecule has 2 fully saturated rings. The SMILES string of the molecule is CC(CN1CCCC1)NC(=O)C1(C(N)=NO)CCOCC1. The molecule has 2 heterocycles. The van der Waals surface area contributed by atoms with E-state index in [0.29, 0.717) is 26.1 Å². The predicted octanol–water partition coefficient (Wildman–Crippen LogP) is 0.130. The molecule has 2 rings (SSSR count). The molecule has 7 nitrogen and oxygen atoms in total. The number of nitrogens with two attached hydrogens (primary N) is 1. The molecule has 0 bridgehead atoms. The summed E-state index contributed by atoms with van der Waals surface area (Å²) in [6.45, 7) is 5.93. The molecule has 0 aromatic rings. The normalized spacial score (nSPS) is 24.7. The van der Waals surface area contributed by atoms with Crippen LogP contribution < -0.4 is 11.1 Å². The molecule has 21 heavy (non-hydrogen) atoms. The molecule has 0 aromatic carbocycles. The zero-order valence-corrected chi connectivity index (χ0v) is 12.7. The van der Waals surface area contributed by atoms with Gasteiger partial charge in [0.25, 0.3) is 0 Å². The Morgan fingerprint density at radius 2 is 2.05 bits per heavy atom. The van der Waals surface area contributed by atoms with Crippen molar-refractivity contribution in [3.8, 4) is 0 Å². The Bertz CT molecular complexity index is 388. The fourth-order valence-electron chi connectivity index (χ4n) is 3.18. The van der Waals surface area contributed by atoms with Crippen molar-refractivity contribution >= 4 is 11.7 Å². The van der Waals surface area contributed by atoms with Gasteiger partial charge < -0.3 is 25.9 Å². The van der Waals surface area contributed by atoms with Crippen LogP contribution in [0.2, 0.25) is 0 Å². The predicted molar refractivity (Wildman–Crippen MR) is 79.2 cm³/mol. The zero-order valence-electron chi connectivity index (χ0n) is 12.7. The summed E-state index contributed by atoms with van der Waals surface area (Å²) in [5.74, 6) is -0.176. The lowest BCUT2D eigenvalue weighted by Crippen LogP contribution is -2.55. The Hall–Kier alpha value is -1.34. The van der Waals surface area contributed by atoms with Gasteiger partial charge in [-0.2, -0.15) is 0 Å². The molecule has 0 aliphatic carbocycles. The first kappa shape index (κ1) is 16.0. The molecule has 0 radical (unpaired) electrons. The summed E-state index contributed by atoms with van der Waals surface area (Å²) < 4.78 is 5.30. The minimum absolute atomic E-state index is 0.0170. The van der Waals surface area contributed by atoms with Crippen molar-refractivity contribution in [3.63, 3.8) is 0 Å². The lowest BCUT2D eigenvalue weighted by atomic mass is 9.78. The van der Waals surface area contributed by atoms with Crippen LogP contribution in [0.25, 0.3) is 0 Å². The summed E-state index contributed by atoms with van der Waals surface area (Å²) in [7, 11) is 0. The third-order valence-corrected chi connectivity index (χ3v) is 4.49. The van der Waals surface area contributed by atoms with Gasteiger partial charge in [0.1, 0.15) is 5.41 Å². The number of ether oxygens (including phenoxy) is 1. The molecule has 0 saturated carbocycles. The monoisotopic (exact) mass is 298 g/mol. The van der Waals surface area contributed by atoms with Gasteiger partial charge in [0.05, 0.1) is 0 Å². The van der Waals surface area contributed by atoms with Crippen molar-refractivity contribution in [3.05, 3.63) is 0 Å². The number of nitrogens with zero attached hydrogens (tertiary/aromatic N) is 2. The van der Waals surface area contributed by atoms with Crippen LogP contribution in [0.15, 0.2) is 5.16 Å². The Kier molecular flexibility index (Phi) is 5.41. The summed E-state index contributed by atoms with van der Waals surface area (Å²) in [6, 6.07) is 0.0433. The molecule has 1 unspecified atom stereocenters. The van der Waals surface area contributed by atoms with Crippen molar-refractivity contribution in [2.75, 3.05) is 32.8 Å². The van der Waals surface area contributed by atoms with Crippen molar-refractivity contribution < 1.29 is 14.7 Å². The second-order valence-electron chi connectivity index (χ2n) is 6.06. The van der Waals surface area contributed by atoms with Gasteiger partial charge >= 0.3 is 0 Å². The number of carbonyl (C=O) groups excluding carboxylic acids is 1. The van der Waals surface area contributed by atoms with Crippen LogP contribution in [0.3, 0.4) is 0 Å². The standard InChI is InChI=1S/C14H26N4O3/c1-11(10-18-6-2-3-7-18)16-13(19)14(12(15)17-20)4-8-21-9-5-14/h11,20H,2-10H2,1H3,(H2,15,17)(H,16,19). The summed E-state index contributed by atoms with van der Waals surface area (Å²) in [4.78, 5) is 15.0. The molecular weight excluding hydrogens is 272 g/mol. The fraction of sp³-hybridized carbons (Fsp3) is 0.857. The first-order valence-electron chi connectivity index (χ1n) is 7.67. The van der Waals surface area contributed by atoms with E-state index in [1.54, 1.807) is 0 Å². The first-order valence-corrected chi connectivity index (χ1v) is 7.67. The molecule has 7 heteroatoms. The minimum atomic E-state index is -0.938. The third-order valence-electron chi connectivity index (χ3n) is 4.49. The highest BCUT2D eigenvalue weighted by atomic mass is 16.5. The van der Waals surface area contributed by atoms with Crippen molar-refractivity contribution in [1.29, 1.82) is 0 Å². The van der Waals surface area contributed by atoms with Crippen LogP contribution >= 0.6 is 0 Å². The summed E-state index contributed by atoms with van der Waals surface area (Å²) in [5, 5.41) is 15.1. The molecule has 1 amide bonds. The number of oxime groups is 1. The first-order chi connectivity index (χ1) is 10.1. The zero-order chi connectivity index (χ0) is 15.3. The molecule has 4 N–H and O–H groups in total. The molecule has 120 valence electrons. The number of amidine groups is 1. The average Bonchev–Trinajstić information content (AvgIpc) is 2.99. The van der Waals surface area contributed by atoms with Crippen molar-refractivity contribution in [2.45, 2.75) is 38.6 Å². The fourth-order valence-corrected chi connectivity index (χ4v) is 3.18. The number of hydrogen-bond acceptors (Lipinski definition) is 5. The van der Waals surface area contributed by atoms with E-state index in [4.69, 9.17) is 15.7 Å². The largest absolute Gasteiger partial charge is 0.409 e. The van der Waals surface area contributed by atoms with Gasteiger partial charge in [-0.15, -0.1) is 0 Å². The van der Waals surface area contributed by atoms with Gasteiger partial charge in [0.15, 0.2) is 5.84 Å². The second-order valence-corrected chi connectivity index (χ2v) is 6.06. The Balaban J connectivity index is 1.97. The molecule has 2 aliphatic heterocycles. The summed E-state index contributed by atoms with van der Waals surface area (Å²) >= 11 is 0.